The predicted molar refractivity (Wildman–Crippen MR) is 95.8 cm³/mol. The third-order valence-electron chi connectivity index (χ3n) is 4.45. The van der Waals surface area contributed by atoms with Gasteiger partial charge in [0.25, 0.3) is 0 Å². The average Bonchev–Trinajstić information content (AvgIpc) is 2.56. The van der Waals surface area contributed by atoms with Gasteiger partial charge in [0.05, 0.1) is 19.3 Å². The van der Waals surface area contributed by atoms with Gasteiger partial charge >= 0.3 is 0 Å². The Morgan fingerprint density at radius 2 is 1.96 bits per heavy atom. The van der Waals surface area contributed by atoms with Crippen LogP contribution in [0.1, 0.15) is 25.5 Å². The first-order valence-corrected chi connectivity index (χ1v) is 8.14. The molecule has 0 aromatic heterocycles. The van der Waals surface area contributed by atoms with Gasteiger partial charge in [0, 0.05) is 19.0 Å². The number of nitrogens with zero attached hydrogens (tertiary/aromatic N) is 1. The van der Waals surface area contributed by atoms with Crippen molar-refractivity contribution in [1.82, 2.24) is 10.6 Å². The van der Waals surface area contributed by atoms with E-state index in [4.69, 9.17) is 4.74 Å². The molecule has 4 heteroatoms. The molecule has 1 saturated heterocycles. The second-order valence-corrected chi connectivity index (χ2v) is 6.66. The molecule has 2 aromatic rings. The maximum absolute atomic E-state index is 5.30. The minimum Gasteiger partial charge on any atom is -0.380 e. The molecule has 122 valence electrons. The Morgan fingerprint density at radius 1 is 1.22 bits per heavy atom. The summed E-state index contributed by atoms with van der Waals surface area (Å²) in [4.78, 5) is 4.35. The van der Waals surface area contributed by atoms with Gasteiger partial charge in [0.2, 0.25) is 0 Å². The molecule has 1 aliphatic heterocycles. The van der Waals surface area contributed by atoms with Crippen LogP contribution in [0.5, 0.6) is 0 Å². The summed E-state index contributed by atoms with van der Waals surface area (Å²) in [5.74, 6) is 0.832. The van der Waals surface area contributed by atoms with Crippen molar-refractivity contribution in [3.63, 3.8) is 0 Å². The topological polar surface area (TPSA) is 45.7 Å². The van der Waals surface area contributed by atoms with Gasteiger partial charge < -0.3 is 15.4 Å². The predicted octanol–water partition coefficient (Wildman–Crippen LogP) is 3.10. The summed E-state index contributed by atoms with van der Waals surface area (Å²) in [6.45, 7) is 6.90. The third kappa shape index (κ3) is 3.48. The molecule has 0 spiro atoms. The Bertz CT molecular complexity index is 701. The summed E-state index contributed by atoms with van der Waals surface area (Å²) in [6, 6.07) is 15.1. The van der Waals surface area contributed by atoms with E-state index < -0.39 is 0 Å². The van der Waals surface area contributed by atoms with E-state index in [1.54, 1.807) is 0 Å². The second-order valence-electron chi connectivity index (χ2n) is 6.66. The molecule has 2 N–H and O–H groups in total. The number of rotatable bonds is 4. The van der Waals surface area contributed by atoms with Crippen molar-refractivity contribution in [3.05, 3.63) is 48.0 Å². The van der Waals surface area contributed by atoms with Crippen LogP contribution in [0.15, 0.2) is 47.5 Å². The van der Waals surface area contributed by atoms with Crippen LogP contribution in [-0.4, -0.2) is 32.8 Å². The first-order valence-electron chi connectivity index (χ1n) is 8.14. The summed E-state index contributed by atoms with van der Waals surface area (Å²) in [5.41, 5.74) is 1.50. The van der Waals surface area contributed by atoms with Gasteiger partial charge in [-0.2, -0.15) is 0 Å². The number of hydrogen-bond donors (Lipinski definition) is 2. The Balaban J connectivity index is 1.70. The zero-order chi connectivity index (χ0) is 16.3. The molecule has 23 heavy (non-hydrogen) atoms. The Labute approximate surface area is 138 Å². The van der Waals surface area contributed by atoms with Crippen LogP contribution in [-0.2, 0) is 4.74 Å². The van der Waals surface area contributed by atoms with Gasteiger partial charge in [-0.1, -0.05) is 49.4 Å². The van der Waals surface area contributed by atoms with Crippen LogP contribution < -0.4 is 10.6 Å². The van der Waals surface area contributed by atoms with Crippen molar-refractivity contribution in [2.24, 2.45) is 10.4 Å². The second kappa shape index (κ2) is 6.59. The Hall–Kier alpha value is -2.07. The van der Waals surface area contributed by atoms with E-state index in [2.05, 4.69) is 71.9 Å². The van der Waals surface area contributed by atoms with E-state index >= 15 is 0 Å². The highest BCUT2D eigenvalue weighted by Gasteiger charge is 2.33. The normalized spacial score (nSPS) is 18.3. The lowest BCUT2D eigenvalue weighted by molar-refractivity contribution is -0.0971. The van der Waals surface area contributed by atoms with Gasteiger partial charge in [0.1, 0.15) is 0 Å². The lowest BCUT2D eigenvalue weighted by Gasteiger charge is -2.38. The summed E-state index contributed by atoms with van der Waals surface area (Å²) in [7, 11) is 1.81. The molecule has 1 atom stereocenters. The van der Waals surface area contributed by atoms with Crippen LogP contribution in [0.25, 0.3) is 10.8 Å². The highest BCUT2D eigenvalue weighted by Crippen LogP contribution is 2.26. The van der Waals surface area contributed by atoms with E-state index in [1.165, 1.54) is 16.3 Å². The van der Waals surface area contributed by atoms with Crippen LogP contribution in [0, 0.1) is 5.41 Å². The quantitative estimate of drug-likeness (QED) is 0.674. The summed E-state index contributed by atoms with van der Waals surface area (Å²) < 4.78 is 5.30. The zero-order valence-corrected chi connectivity index (χ0v) is 14.1. The number of benzene rings is 2. The van der Waals surface area contributed by atoms with Crippen molar-refractivity contribution in [2.75, 3.05) is 26.8 Å². The van der Waals surface area contributed by atoms with Gasteiger partial charge in [-0.3, -0.25) is 4.99 Å². The molecular formula is C19H25N3O. The molecule has 0 bridgehead atoms. The fourth-order valence-corrected chi connectivity index (χ4v) is 2.96. The van der Waals surface area contributed by atoms with Crippen molar-refractivity contribution in [1.29, 1.82) is 0 Å². The largest absolute Gasteiger partial charge is 0.380 e. The molecule has 0 aliphatic carbocycles. The van der Waals surface area contributed by atoms with Crippen LogP contribution in [0.2, 0.25) is 0 Å². The number of aliphatic imine (C=N–C) groups is 1. The number of hydrogen-bond acceptors (Lipinski definition) is 2. The molecule has 1 unspecified atom stereocenters. The third-order valence-corrected chi connectivity index (χ3v) is 4.45. The molecule has 0 radical (unpaired) electrons. The lowest BCUT2D eigenvalue weighted by Crippen LogP contribution is -2.51. The average molecular weight is 311 g/mol. The standard InChI is InChI=1S/C19H25N3O/c1-14(16-10-6-8-15-7-4-5-9-17(15)16)22-18(20-3)21-11-19(2)12-23-13-19/h4-10,14H,11-13H2,1-3H3,(H2,20,21,22). The van der Waals surface area contributed by atoms with E-state index in [0.717, 1.165) is 25.7 Å². The smallest absolute Gasteiger partial charge is 0.191 e. The number of fused-ring (bicyclic) bond motifs is 1. The molecule has 1 aliphatic rings. The van der Waals surface area contributed by atoms with Crippen LogP contribution >= 0.6 is 0 Å². The molecule has 3 rings (SSSR count). The van der Waals surface area contributed by atoms with Crippen molar-refractivity contribution in [3.8, 4) is 0 Å². The summed E-state index contributed by atoms with van der Waals surface area (Å²) in [5, 5.41) is 9.46. The van der Waals surface area contributed by atoms with Crippen molar-refractivity contribution >= 4 is 16.7 Å². The minimum absolute atomic E-state index is 0.178. The van der Waals surface area contributed by atoms with Crippen molar-refractivity contribution < 1.29 is 4.74 Å². The van der Waals surface area contributed by atoms with Crippen LogP contribution in [0.3, 0.4) is 0 Å². The fraction of sp³-hybridized carbons (Fsp3) is 0.421. The minimum atomic E-state index is 0.178. The Kier molecular flexibility index (Phi) is 4.53. The molecule has 0 amide bonds. The number of nitrogens with one attached hydrogen (secondary N) is 2. The van der Waals surface area contributed by atoms with E-state index in [-0.39, 0.29) is 11.5 Å². The van der Waals surface area contributed by atoms with Gasteiger partial charge in [-0.15, -0.1) is 0 Å². The highest BCUT2D eigenvalue weighted by atomic mass is 16.5. The molecule has 4 nitrogen and oxygen atoms in total. The lowest BCUT2D eigenvalue weighted by atomic mass is 9.89. The first-order chi connectivity index (χ1) is 11.1. The summed E-state index contributed by atoms with van der Waals surface area (Å²) in [6.07, 6.45) is 0. The summed E-state index contributed by atoms with van der Waals surface area (Å²) >= 11 is 0. The SMILES string of the molecule is CN=C(NCC1(C)COC1)NC(C)c1cccc2ccccc12. The monoisotopic (exact) mass is 311 g/mol. The highest BCUT2D eigenvalue weighted by molar-refractivity contribution is 5.87. The Morgan fingerprint density at radius 3 is 2.65 bits per heavy atom. The number of guanidine groups is 1. The molecular weight excluding hydrogens is 286 g/mol. The molecule has 1 fully saturated rings. The van der Waals surface area contributed by atoms with E-state index in [1.807, 2.05) is 7.05 Å². The van der Waals surface area contributed by atoms with Gasteiger partial charge in [-0.25, -0.2) is 0 Å². The molecule has 2 aromatic carbocycles. The van der Waals surface area contributed by atoms with Crippen LogP contribution in [0.4, 0.5) is 0 Å². The van der Waals surface area contributed by atoms with Gasteiger partial charge in [0.15, 0.2) is 5.96 Å². The maximum atomic E-state index is 5.30. The number of ether oxygens (including phenoxy) is 1. The maximum Gasteiger partial charge on any atom is 0.191 e. The molecule has 0 saturated carbocycles. The zero-order valence-electron chi connectivity index (χ0n) is 14.1. The van der Waals surface area contributed by atoms with Gasteiger partial charge in [-0.05, 0) is 23.3 Å². The first kappa shape index (κ1) is 15.8. The van der Waals surface area contributed by atoms with E-state index in [0.29, 0.717) is 0 Å². The van der Waals surface area contributed by atoms with Crippen molar-refractivity contribution in [2.45, 2.75) is 19.9 Å². The van der Waals surface area contributed by atoms with E-state index in [9.17, 15) is 0 Å². The fourth-order valence-electron chi connectivity index (χ4n) is 2.96. The molecule has 1 heterocycles.